The Labute approximate surface area is 96.3 Å². The van der Waals surface area contributed by atoms with Crippen molar-refractivity contribution in [3.8, 4) is 0 Å². The molecule has 2 nitrogen and oxygen atoms in total. The van der Waals surface area contributed by atoms with E-state index in [0.717, 1.165) is 0 Å². The Hall–Kier alpha value is -0.865. The predicted octanol–water partition coefficient (Wildman–Crippen LogP) is 3.47. The fourth-order valence-electron chi connectivity index (χ4n) is 0.859. The standard InChI is InChI=1S/C11H19BF2O2/c1-10(2,3)8(15)7-9(11(4,5)6)16-12(13)14/h7H,1-6H3. The summed E-state index contributed by atoms with van der Waals surface area (Å²) in [5.74, 6) is -0.208. The van der Waals surface area contributed by atoms with Crippen LogP contribution in [-0.2, 0) is 9.45 Å². The van der Waals surface area contributed by atoms with Crippen molar-refractivity contribution in [1.82, 2.24) is 0 Å². The van der Waals surface area contributed by atoms with E-state index >= 15 is 0 Å². The Bertz CT molecular complexity index is 285. The Morgan fingerprint density at radius 2 is 1.50 bits per heavy atom. The molecule has 16 heavy (non-hydrogen) atoms. The number of rotatable bonds is 3. The molecule has 0 unspecified atom stereocenters. The van der Waals surface area contributed by atoms with Gasteiger partial charge in [0, 0.05) is 16.9 Å². The van der Waals surface area contributed by atoms with Gasteiger partial charge in [-0.15, -0.1) is 0 Å². The average molecular weight is 232 g/mol. The lowest BCUT2D eigenvalue weighted by Crippen LogP contribution is -2.23. The molecule has 0 rings (SSSR count). The van der Waals surface area contributed by atoms with Crippen LogP contribution in [0.4, 0.5) is 8.63 Å². The Balaban J connectivity index is 5.06. The highest BCUT2D eigenvalue weighted by molar-refractivity contribution is 6.34. The van der Waals surface area contributed by atoms with E-state index in [-0.39, 0.29) is 11.5 Å². The number of ketones is 1. The molecule has 0 spiro atoms. The van der Waals surface area contributed by atoms with Gasteiger partial charge in [0.2, 0.25) is 0 Å². The van der Waals surface area contributed by atoms with Crippen molar-refractivity contribution in [3.05, 3.63) is 11.8 Å². The number of hydrogen-bond acceptors (Lipinski definition) is 2. The van der Waals surface area contributed by atoms with E-state index in [9.17, 15) is 13.4 Å². The molecule has 0 fully saturated rings. The minimum atomic E-state index is -2.90. The summed E-state index contributed by atoms with van der Waals surface area (Å²) in [5, 5.41) is 0. The van der Waals surface area contributed by atoms with Gasteiger partial charge < -0.3 is 4.65 Å². The van der Waals surface area contributed by atoms with Crippen LogP contribution in [-0.4, -0.2) is 13.3 Å². The van der Waals surface area contributed by atoms with E-state index in [1.54, 1.807) is 41.5 Å². The zero-order valence-corrected chi connectivity index (χ0v) is 10.7. The first-order valence-corrected chi connectivity index (χ1v) is 5.16. The maximum absolute atomic E-state index is 12.2. The lowest BCUT2D eigenvalue weighted by atomic mass is 9.86. The van der Waals surface area contributed by atoms with E-state index in [1.165, 1.54) is 6.08 Å². The maximum atomic E-state index is 12.2. The minimum Gasteiger partial charge on any atom is -0.508 e. The van der Waals surface area contributed by atoms with E-state index in [0.29, 0.717) is 0 Å². The molecule has 0 aromatic carbocycles. The Kier molecular flexibility index (Phi) is 4.71. The molecule has 0 heterocycles. The summed E-state index contributed by atoms with van der Waals surface area (Å²) in [5.41, 5.74) is -1.21. The van der Waals surface area contributed by atoms with Crippen molar-refractivity contribution in [3.63, 3.8) is 0 Å². The van der Waals surface area contributed by atoms with Gasteiger partial charge in [-0.05, 0) is 0 Å². The third kappa shape index (κ3) is 5.28. The molecule has 0 atom stereocenters. The van der Waals surface area contributed by atoms with Gasteiger partial charge in [-0.2, -0.15) is 0 Å². The fourth-order valence-corrected chi connectivity index (χ4v) is 0.859. The van der Waals surface area contributed by atoms with Gasteiger partial charge in [0.1, 0.15) is 0 Å². The molecule has 0 aliphatic carbocycles. The second-order valence-corrected chi connectivity index (χ2v) is 5.75. The third-order valence-electron chi connectivity index (χ3n) is 1.96. The number of halogens is 2. The van der Waals surface area contributed by atoms with Gasteiger partial charge in [0.15, 0.2) is 5.78 Å². The molecule has 0 aliphatic heterocycles. The zero-order valence-electron chi connectivity index (χ0n) is 10.7. The van der Waals surface area contributed by atoms with Crippen LogP contribution < -0.4 is 0 Å². The van der Waals surface area contributed by atoms with Gasteiger partial charge in [-0.25, -0.2) is 8.63 Å². The van der Waals surface area contributed by atoms with Crippen molar-refractivity contribution in [1.29, 1.82) is 0 Å². The molecule has 0 radical (unpaired) electrons. The molecular weight excluding hydrogens is 213 g/mol. The van der Waals surface area contributed by atoms with Gasteiger partial charge in [-0.1, -0.05) is 41.5 Å². The normalized spacial score (nSPS) is 13.6. The number of carbonyl (C=O) groups is 1. The van der Waals surface area contributed by atoms with Crippen LogP contribution in [0, 0.1) is 10.8 Å². The first-order valence-electron chi connectivity index (χ1n) is 5.16. The monoisotopic (exact) mass is 232 g/mol. The molecule has 0 aromatic heterocycles. The van der Waals surface area contributed by atoms with Crippen LogP contribution in [0.15, 0.2) is 11.8 Å². The van der Waals surface area contributed by atoms with Crippen LogP contribution in [0.2, 0.25) is 0 Å². The second kappa shape index (κ2) is 4.98. The fraction of sp³-hybridized carbons (Fsp3) is 0.727. The quantitative estimate of drug-likeness (QED) is 0.423. The van der Waals surface area contributed by atoms with Crippen LogP contribution in [0.5, 0.6) is 0 Å². The molecule has 92 valence electrons. The van der Waals surface area contributed by atoms with Gasteiger partial charge >= 0.3 is 7.47 Å². The van der Waals surface area contributed by atoms with Gasteiger partial charge in [0.25, 0.3) is 0 Å². The molecule has 5 heteroatoms. The first-order chi connectivity index (χ1) is 6.94. The summed E-state index contributed by atoms with van der Waals surface area (Å²) in [4.78, 5) is 11.7. The summed E-state index contributed by atoms with van der Waals surface area (Å²) < 4.78 is 28.8. The highest BCUT2D eigenvalue weighted by Crippen LogP contribution is 2.29. The number of hydrogen-bond donors (Lipinski definition) is 0. The van der Waals surface area contributed by atoms with Crippen molar-refractivity contribution >= 4 is 13.3 Å². The van der Waals surface area contributed by atoms with Gasteiger partial charge in [-0.3, -0.25) is 4.79 Å². The van der Waals surface area contributed by atoms with Crippen LogP contribution >= 0.6 is 0 Å². The van der Waals surface area contributed by atoms with Crippen LogP contribution in [0.1, 0.15) is 41.5 Å². The van der Waals surface area contributed by atoms with Crippen molar-refractivity contribution in [2.24, 2.45) is 10.8 Å². The summed E-state index contributed by atoms with van der Waals surface area (Å²) in [6.07, 6.45) is 1.17. The van der Waals surface area contributed by atoms with Crippen LogP contribution in [0.3, 0.4) is 0 Å². The minimum absolute atomic E-state index is 0.0161. The van der Waals surface area contributed by atoms with Crippen molar-refractivity contribution < 1.29 is 18.1 Å². The maximum Gasteiger partial charge on any atom is 0.796 e. The molecule has 0 amide bonds. The second-order valence-electron chi connectivity index (χ2n) is 5.75. The van der Waals surface area contributed by atoms with E-state index < -0.39 is 18.3 Å². The van der Waals surface area contributed by atoms with Crippen molar-refractivity contribution in [2.45, 2.75) is 41.5 Å². The third-order valence-corrected chi connectivity index (χ3v) is 1.96. The molecule has 0 aromatic rings. The molecule has 0 saturated heterocycles. The molecular formula is C11H19BF2O2. The predicted molar refractivity (Wildman–Crippen MR) is 61.1 cm³/mol. The van der Waals surface area contributed by atoms with E-state index in [1.807, 2.05) is 0 Å². The number of allylic oxidation sites excluding steroid dienone is 2. The van der Waals surface area contributed by atoms with Crippen molar-refractivity contribution in [2.75, 3.05) is 0 Å². The lowest BCUT2D eigenvalue weighted by Gasteiger charge is -2.24. The Morgan fingerprint density at radius 1 is 1.06 bits per heavy atom. The number of carbonyl (C=O) groups excluding carboxylic acids is 1. The molecule has 0 N–H and O–H groups in total. The topological polar surface area (TPSA) is 26.3 Å². The molecule has 0 aliphatic rings. The highest BCUT2D eigenvalue weighted by Gasteiger charge is 2.29. The highest BCUT2D eigenvalue weighted by atomic mass is 19.2. The van der Waals surface area contributed by atoms with E-state index in [2.05, 4.69) is 4.65 Å². The smallest absolute Gasteiger partial charge is 0.508 e. The molecule has 0 bridgehead atoms. The van der Waals surface area contributed by atoms with Crippen LogP contribution in [0.25, 0.3) is 0 Å². The zero-order chi connectivity index (χ0) is 13.1. The first kappa shape index (κ1) is 15.1. The largest absolute Gasteiger partial charge is 0.796 e. The summed E-state index contributed by atoms with van der Waals surface area (Å²) in [6.45, 7) is 10.4. The SMILES string of the molecule is CC(C)(C)C(=O)C=C(OB(F)F)C(C)(C)C. The van der Waals surface area contributed by atoms with E-state index in [4.69, 9.17) is 0 Å². The lowest BCUT2D eigenvalue weighted by molar-refractivity contribution is -0.121. The molecule has 0 saturated carbocycles. The summed E-state index contributed by atoms with van der Waals surface area (Å²) in [7, 11) is -2.90. The average Bonchev–Trinajstić information content (AvgIpc) is 1.98. The van der Waals surface area contributed by atoms with Gasteiger partial charge in [0.05, 0.1) is 5.76 Å². The Morgan fingerprint density at radius 3 is 1.75 bits per heavy atom. The summed E-state index contributed by atoms with van der Waals surface area (Å²) >= 11 is 0. The summed E-state index contributed by atoms with van der Waals surface area (Å²) in [6, 6.07) is 0.